The van der Waals surface area contributed by atoms with E-state index in [-0.39, 0.29) is 5.91 Å². The van der Waals surface area contributed by atoms with Crippen LogP contribution in [0.2, 0.25) is 0 Å². The highest BCUT2D eigenvalue weighted by molar-refractivity contribution is 9.10. The summed E-state index contributed by atoms with van der Waals surface area (Å²) in [7, 11) is 0. The molecule has 0 saturated heterocycles. The fourth-order valence-corrected chi connectivity index (χ4v) is 1.73. The molecule has 2 N–H and O–H groups in total. The summed E-state index contributed by atoms with van der Waals surface area (Å²) < 4.78 is 0.751. The number of carbonyl (C=O) groups excluding carboxylic acids is 1. The molecule has 0 spiro atoms. The zero-order chi connectivity index (χ0) is 12.1. The summed E-state index contributed by atoms with van der Waals surface area (Å²) in [5.41, 5.74) is 0. The number of anilines is 1. The Balaban J connectivity index is 1.60. The maximum atomic E-state index is 11.4. The van der Waals surface area contributed by atoms with E-state index in [2.05, 4.69) is 36.5 Å². The van der Waals surface area contributed by atoms with Gasteiger partial charge in [0.2, 0.25) is 5.91 Å². The first-order valence-electron chi connectivity index (χ1n) is 5.75. The molecule has 6 heteroatoms. The minimum atomic E-state index is 0.151. The highest BCUT2D eigenvalue weighted by Crippen LogP contribution is 2.18. The van der Waals surface area contributed by atoms with Crippen molar-refractivity contribution in [1.29, 1.82) is 0 Å². The number of nitrogens with zero attached hydrogens (tertiary/aromatic N) is 2. The van der Waals surface area contributed by atoms with Crippen LogP contribution in [0.5, 0.6) is 0 Å². The van der Waals surface area contributed by atoms with E-state index in [0.717, 1.165) is 36.2 Å². The van der Waals surface area contributed by atoms with Crippen molar-refractivity contribution in [1.82, 2.24) is 15.3 Å². The molecule has 1 aliphatic carbocycles. The van der Waals surface area contributed by atoms with Crippen LogP contribution in [0.15, 0.2) is 17.0 Å². The van der Waals surface area contributed by atoms with Crippen LogP contribution in [0.1, 0.15) is 25.7 Å². The Hall–Kier alpha value is -1.17. The van der Waals surface area contributed by atoms with Gasteiger partial charge in [-0.15, -0.1) is 0 Å². The monoisotopic (exact) mass is 298 g/mol. The summed E-state index contributed by atoms with van der Waals surface area (Å²) in [4.78, 5) is 19.4. The third-order valence-electron chi connectivity index (χ3n) is 2.46. The van der Waals surface area contributed by atoms with Crippen molar-refractivity contribution in [2.45, 2.75) is 31.7 Å². The molecule has 1 aromatic rings. The number of nitrogens with one attached hydrogen (secondary N) is 2. The second kappa shape index (κ2) is 5.95. The Morgan fingerprint density at radius 3 is 3.00 bits per heavy atom. The molecule has 1 saturated carbocycles. The lowest BCUT2D eigenvalue weighted by atomic mass is 10.3. The van der Waals surface area contributed by atoms with Crippen LogP contribution in [0.3, 0.4) is 0 Å². The highest BCUT2D eigenvalue weighted by Gasteiger charge is 2.22. The zero-order valence-electron chi connectivity index (χ0n) is 9.45. The van der Waals surface area contributed by atoms with Crippen molar-refractivity contribution < 1.29 is 4.79 Å². The summed E-state index contributed by atoms with van der Waals surface area (Å²) in [6.45, 7) is 0.738. The van der Waals surface area contributed by atoms with Crippen molar-refractivity contribution in [2.24, 2.45) is 0 Å². The number of halogens is 1. The molecule has 1 amide bonds. The summed E-state index contributed by atoms with van der Waals surface area (Å²) >= 11 is 3.27. The summed E-state index contributed by atoms with van der Waals surface area (Å²) in [5, 5.41) is 6.11. The minimum absolute atomic E-state index is 0.151. The summed E-state index contributed by atoms with van der Waals surface area (Å²) in [6.07, 6.45) is 5.14. The number of carbonyl (C=O) groups is 1. The molecule has 0 bridgehead atoms. The standard InChI is InChI=1S/C11H15BrN4O/c12-9-6-10(15-7-14-9)13-5-1-2-11(17)16-8-3-4-8/h6-8H,1-5H2,(H,16,17)(H,13,14,15). The van der Waals surface area contributed by atoms with Crippen LogP contribution < -0.4 is 10.6 Å². The summed E-state index contributed by atoms with van der Waals surface area (Å²) in [6, 6.07) is 2.26. The Bertz CT molecular complexity index is 395. The van der Waals surface area contributed by atoms with Gasteiger partial charge < -0.3 is 10.6 Å². The van der Waals surface area contributed by atoms with Gasteiger partial charge in [0.1, 0.15) is 16.7 Å². The average molecular weight is 299 g/mol. The Morgan fingerprint density at radius 2 is 2.29 bits per heavy atom. The molecule has 1 aliphatic rings. The molecule has 2 rings (SSSR count). The van der Waals surface area contributed by atoms with Crippen LogP contribution >= 0.6 is 15.9 Å². The fourth-order valence-electron chi connectivity index (χ4n) is 1.42. The fraction of sp³-hybridized carbons (Fsp3) is 0.545. The van der Waals surface area contributed by atoms with Gasteiger partial charge in [0.15, 0.2) is 0 Å². The van der Waals surface area contributed by atoms with Crippen LogP contribution in [0.4, 0.5) is 5.82 Å². The van der Waals surface area contributed by atoms with E-state index < -0.39 is 0 Å². The van der Waals surface area contributed by atoms with E-state index in [9.17, 15) is 4.79 Å². The van der Waals surface area contributed by atoms with E-state index in [0.29, 0.717) is 12.5 Å². The Morgan fingerprint density at radius 1 is 1.47 bits per heavy atom. The van der Waals surface area contributed by atoms with E-state index >= 15 is 0 Å². The number of aromatic nitrogens is 2. The van der Waals surface area contributed by atoms with Gasteiger partial charge in [0, 0.05) is 25.1 Å². The molecule has 0 aliphatic heterocycles. The first-order valence-corrected chi connectivity index (χ1v) is 6.54. The van der Waals surface area contributed by atoms with Crippen LogP contribution in [0.25, 0.3) is 0 Å². The molecular weight excluding hydrogens is 284 g/mol. The quantitative estimate of drug-likeness (QED) is 0.620. The predicted octanol–water partition coefficient (Wildman–Crippen LogP) is 1.71. The zero-order valence-corrected chi connectivity index (χ0v) is 11.0. The Kier molecular flexibility index (Phi) is 4.30. The molecule has 0 unspecified atom stereocenters. The number of amides is 1. The van der Waals surface area contributed by atoms with Crippen molar-refractivity contribution >= 4 is 27.7 Å². The third kappa shape index (κ3) is 4.68. The van der Waals surface area contributed by atoms with Gasteiger partial charge in [-0.25, -0.2) is 9.97 Å². The van der Waals surface area contributed by atoms with Gasteiger partial charge in [-0.2, -0.15) is 0 Å². The van der Waals surface area contributed by atoms with Crippen LogP contribution in [-0.2, 0) is 4.79 Å². The molecule has 1 heterocycles. The second-order valence-corrected chi connectivity index (χ2v) is 4.91. The van der Waals surface area contributed by atoms with Gasteiger partial charge in [0.05, 0.1) is 0 Å². The van der Waals surface area contributed by atoms with E-state index in [1.807, 2.05) is 6.07 Å². The minimum Gasteiger partial charge on any atom is -0.370 e. The molecule has 0 aromatic carbocycles. The summed E-state index contributed by atoms with van der Waals surface area (Å²) in [5.74, 6) is 0.924. The van der Waals surface area contributed by atoms with Crippen molar-refractivity contribution in [3.05, 3.63) is 17.0 Å². The van der Waals surface area contributed by atoms with Gasteiger partial charge >= 0.3 is 0 Å². The van der Waals surface area contributed by atoms with Crippen molar-refractivity contribution in [2.75, 3.05) is 11.9 Å². The van der Waals surface area contributed by atoms with E-state index in [4.69, 9.17) is 0 Å². The first-order chi connectivity index (χ1) is 8.24. The average Bonchev–Trinajstić information content (AvgIpc) is 3.08. The molecule has 0 atom stereocenters. The molecule has 0 radical (unpaired) electrons. The number of hydrogen-bond acceptors (Lipinski definition) is 4. The lowest BCUT2D eigenvalue weighted by Gasteiger charge is -2.05. The predicted molar refractivity (Wildman–Crippen MR) is 68.6 cm³/mol. The number of rotatable bonds is 6. The molecule has 17 heavy (non-hydrogen) atoms. The normalized spacial score (nSPS) is 14.4. The molecule has 1 aromatic heterocycles. The van der Waals surface area contributed by atoms with Crippen molar-refractivity contribution in [3.8, 4) is 0 Å². The maximum absolute atomic E-state index is 11.4. The maximum Gasteiger partial charge on any atom is 0.220 e. The third-order valence-corrected chi connectivity index (χ3v) is 2.90. The van der Waals surface area contributed by atoms with E-state index in [1.165, 1.54) is 6.33 Å². The van der Waals surface area contributed by atoms with Gasteiger partial charge in [-0.3, -0.25) is 4.79 Å². The SMILES string of the molecule is O=C(CCCNc1cc(Br)ncn1)NC1CC1. The smallest absolute Gasteiger partial charge is 0.220 e. The van der Waals surface area contributed by atoms with E-state index in [1.54, 1.807) is 0 Å². The lowest BCUT2D eigenvalue weighted by Crippen LogP contribution is -2.25. The molecule has 5 nitrogen and oxygen atoms in total. The highest BCUT2D eigenvalue weighted by atomic mass is 79.9. The van der Waals surface area contributed by atoms with Crippen molar-refractivity contribution in [3.63, 3.8) is 0 Å². The van der Waals surface area contributed by atoms with Gasteiger partial charge in [-0.05, 0) is 35.2 Å². The Labute approximate surface area is 109 Å². The topological polar surface area (TPSA) is 66.9 Å². The van der Waals surface area contributed by atoms with Gasteiger partial charge in [0.25, 0.3) is 0 Å². The molecule has 1 fully saturated rings. The van der Waals surface area contributed by atoms with Crippen LogP contribution in [0, 0.1) is 0 Å². The van der Waals surface area contributed by atoms with Crippen LogP contribution in [-0.4, -0.2) is 28.5 Å². The second-order valence-electron chi connectivity index (χ2n) is 4.10. The molecular formula is C11H15BrN4O. The largest absolute Gasteiger partial charge is 0.370 e. The van der Waals surface area contributed by atoms with Gasteiger partial charge in [-0.1, -0.05) is 0 Å². The lowest BCUT2D eigenvalue weighted by molar-refractivity contribution is -0.121. The number of hydrogen-bond donors (Lipinski definition) is 2. The first kappa shape index (κ1) is 12.3. The molecule has 92 valence electrons.